The van der Waals surface area contributed by atoms with Crippen LogP contribution in [0.3, 0.4) is 0 Å². The van der Waals surface area contributed by atoms with Gasteiger partial charge < -0.3 is 14.6 Å². The van der Waals surface area contributed by atoms with E-state index in [1.165, 1.54) is 5.56 Å². The Balaban J connectivity index is 1.44. The summed E-state index contributed by atoms with van der Waals surface area (Å²) in [4.78, 5) is 23.3. The van der Waals surface area contributed by atoms with E-state index in [2.05, 4.69) is 35.0 Å². The second-order valence-corrected chi connectivity index (χ2v) is 7.73. The van der Waals surface area contributed by atoms with Crippen LogP contribution in [0.25, 0.3) is 11.0 Å². The number of ether oxygens (including phenoxy) is 1. The Hall–Kier alpha value is -1.88. The van der Waals surface area contributed by atoms with Gasteiger partial charge in [0.15, 0.2) is 0 Å². The number of hydrogen-bond donors (Lipinski definition) is 1. The molecule has 2 fully saturated rings. The molecule has 4 rings (SSSR count). The van der Waals surface area contributed by atoms with E-state index < -0.39 is 0 Å². The molecule has 1 aromatic heterocycles. The van der Waals surface area contributed by atoms with Crippen LogP contribution in [-0.2, 0) is 9.53 Å². The number of aryl methyl sites for hydroxylation is 1. The van der Waals surface area contributed by atoms with Gasteiger partial charge >= 0.3 is 0 Å². The number of amides is 1. The van der Waals surface area contributed by atoms with Crippen molar-refractivity contribution in [2.45, 2.75) is 44.9 Å². The predicted octanol–water partition coefficient (Wildman–Crippen LogP) is 3.39. The molecule has 5 nitrogen and oxygen atoms in total. The molecule has 0 spiro atoms. The minimum atomic E-state index is -0.238. The van der Waals surface area contributed by atoms with Gasteiger partial charge in [-0.05, 0) is 44.2 Å². The number of carbonyl (C=O) groups excluding carboxylic acids is 1. The van der Waals surface area contributed by atoms with Gasteiger partial charge in [-0.15, -0.1) is 0 Å². The molecular weight excluding hydrogens is 314 g/mol. The number of nitrogens with zero attached hydrogens (tertiary/aromatic N) is 2. The third-order valence-corrected chi connectivity index (χ3v) is 6.09. The highest BCUT2D eigenvalue weighted by atomic mass is 16.5. The molecule has 25 heavy (non-hydrogen) atoms. The summed E-state index contributed by atoms with van der Waals surface area (Å²) in [6, 6.07) is 6.25. The minimum Gasteiger partial charge on any atom is -0.384 e. The zero-order chi connectivity index (χ0) is 17.4. The molecule has 5 heteroatoms. The number of para-hydroxylation sites is 1. The van der Waals surface area contributed by atoms with Crippen molar-refractivity contribution in [3.05, 3.63) is 29.6 Å². The lowest BCUT2D eigenvalue weighted by molar-refractivity contribution is -0.153. The fourth-order valence-electron chi connectivity index (χ4n) is 4.38. The Bertz CT molecular complexity index is 770. The molecule has 1 N–H and O–H groups in total. The molecule has 2 heterocycles. The van der Waals surface area contributed by atoms with Gasteiger partial charge in [-0.2, -0.15) is 0 Å². The van der Waals surface area contributed by atoms with E-state index in [9.17, 15) is 4.79 Å². The highest BCUT2D eigenvalue weighted by molar-refractivity contribution is 5.84. The van der Waals surface area contributed by atoms with Crippen molar-refractivity contribution in [1.29, 1.82) is 0 Å². The number of hydrogen-bond acceptors (Lipinski definition) is 3. The zero-order valence-corrected chi connectivity index (χ0v) is 15.2. The van der Waals surface area contributed by atoms with E-state index in [1.807, 2.05) is 0 Å². The number of imidazole rings is 1. The van der Waals surface area contributed by atoms with Crippen molar-refractivity contribution in [2.24, 2.45) is 5.41 Å². The maximum absolute atomic E-state index is 12.9. The summed E-state index contributed by atoms with van der Waals surface area (Å²) in [5, 5.41) is 0. The standard InChI is InChI=1S/C20H27N3O2/c1-14-5-3-6-16-17(14)22-18(21-16)15-7-11-23(12-8-15)19(24)20(13-25-2)9-4-10-20/h3,5-6,15H,4,7-13H2,1-2H3,(H,21,22). The average Bonchev–Trinajstić information content (AvgIpc) is 3.03. The lowest BCUT2D eigenvalue weighted by atomic mass is 9.68. The summed E-state index contributed by atoms with van der Waals surface area (Å²) in [5.41, 5.74) is 3.16. The molecule has 0 atom stereocenters. The lowest BCUT2D eigenvalue weighted by Gasteiger charge is -2.44. The number of fused-ring (bicyclic) bond motifs is 1. The van der Waals surface area contributed by atoms with E-state index in [0.29, 0.717) is 18.4 Å². The van der Waals surface area contributed by atoms with Crippen molar-refractivity contribution in [2.75, 3.05) is 26.8 Å². The van der Waals surface area contributed by atoms with Crippen molar-refractivity contribution in [3.8, 4) is 0 Å². The van der Waals surface area contributed by atoms with Crippen LogP contribution in [0.4, 0.5) is 0 Å². The number of rotatable bonds is 4. The van der Waals surface area contributed by atoms with Crippen molar-refractivity contribution < 1.29 is 9.53 Å². The predicted molar refractivity (Wildman–Crippen MR) is 97.5 cm³/mol. The third kappa shape index (κ3) is 2.84. The maximum atomic E-state index is 12.9. The molecule has 134 valence electrons. The topological polar surface area (TPSA) is 58.2 Å². The molecule has 0 radical (unpaired) electrons. The highest BCUT2D eigenvalue weighted by Gasteiger charge is 2.46. The smallest absolute Gasteiger partial charge is 0.231 e. The van der Waals surface area contributed by atoms with Gasteiger partial charge in [-0.25, -0.2) is 4.98 Å². The van der Waals surface area contributed by atoms with Gasteiger partial charge in [-0.1, -0.05) is 18.6 Å². The summed E-state index contributed by atoms with van der Waals surface area (Å²) in [7, 11) is 1.70. The van der Waals surface area contributed by atoms with Crippen LogP contribution < -0.4 is 0 Å². The number of piperidine rings is 1. The third-order valence-electron chi connectivity index (χ3n) is 6.09. The first kappa shape index (κ1) is 16.6. The van der Waals surface area contributed by atoms with Crippen LogP contribution in [0.2, 0.25) is 0 Å². The van der Waals surface area contributed by atoms with Crippen molar-refractivity contribution in [3.63, 3.8) is 0 Å². The van der Waals surface area contributed by atoms with Gasteiger partial charge in [0.25, 0.3) is 0 Å². The Labute approximate surface area is 148 Å². The molecule has 1 saturated carbocycles. The number of H-pyrrole nitrogens is 1. The number of benzene rings is 1. The van der Waals surface area contributed by atoms with Gasteiger partial charge in [0.2, 0.25) is 5.91 Å². The van der Waals surface area contributed by atoms with Gasteiger partial charge in [0.1, 0.15) is 5.82 Å². The first-order chi connectivity index (χ1) is 12.1. The van der Waals surface area contributed by atoms with E-state index >= 15 is 0 Å². The Morgan fingerprint density at radius 1 is 1.36 bits per heavy atom. The van der Waals surface area contributed by atoms with Crippen LogP contribution in [0.5, 0.6) is 0 Å². The van der Waals surface area contributed by atoms with Gasteiger partial charge in [0.05, 0.1) is 23.1 Å². The van der Waals surface area contributed by atoms with E-state index in [-0.39, 0.29) is 5.41 Å². The molecule has 0 bridgehead atoms. The van der Waals surface area contributed by atoms with Crippen molar-refractivity contribution >= 4 is 16.9 Å². The quantitative estimate of drug-likeness (QED) is 0.927. The largest absolute Gasteiger partial charge is 0.384 e. The van der Waals surface area contributed by atoms with Crippen molar-refractivity contribution in [1.82, 2.24) is 14.9 Å². The number of methoxy groups -OCH3 is 1. The fourth-order valence-corrected chi connectivity index (χ4v) is 4.38. The Kier molecular flexibility index (Phi) is 4.28. The summed E-state index contributed by atoms with van der Waals surface area (Å²) in [5.74, 6) is 1.79. The molecular formula is C20H27N3O2. The molecule has 1 aliphatic heterocycles. The van der Waals surface area contributed by atoms with Crippen LogP contribution >= 0.6 is 0 Å². The molecule has 2 aromatic rings. The maximum Gasteiger partial charge on any atom is 0.231 e. The monoisotopic (exact) mass is 341 g/mol. The molecule has 1 aliphatic carbocycles. The summed E-state index contributed by atoms with van der Waals surface area (Å²) >= 11 is 0. The van der Waals surface area contributed by atoms with Crippen LogP contribution in [0.15, 0.2) is 18.2 Å². The fraction of sp³-hybridized carbons (Fsp3) is 0.600. The van der Waals surface area contributed by atoms with Crippen LogP contribution in [-0.4, -0.2) is 47.6 Å². The second-order valence-electron chi connectivity index (χ2n) is 7.73. The Morgan fingerprint density at radius 2 is 2.12 bits per heavy atom. The molecule has 1 saturated heterocycles. The minimum absolute atomic E-state index is 0.238. The number of aromatic nitrogens is 2. The molecule has 1 aromatic carbocycles. The average molecular weight is 341 g/mol. The summed E-state index contributed by atoms with van der Waals surface area (Å²) in [6.45, 7) is 4.31. The van der Waals surface area contributed by atoms with Crippen LogP contribution in [0, 0.1) is 12.3 Å². The zero-order valence-electron chi connectivity index (χ0n) is 15.2. The van der Waals surface area contributed by atoms with Crippen LogP contribution in [0.1, 0.15) is 49.4 Å². The summed E-state index contributed by atoms with van der Waals surface area (Å²) in [6.07, 6.45) is 5.05. The first-order valence-electron chi connectivity index (χ1n) is 9.36. The van der Waals surface area contributed by atoms with Gasteiger partial charge in [-0.3, -0.25) is 4.79 Å². The van der Waals surface area contributed by atoms with Gasteiger partial charge in [0, 0.05) is 26.1 Å². The highest BCUT2D eigenvalue weighted by Crippen LogP contribution is 2.43. The SMILES string of the molecule is COCC1(C(=O)N2CCC(c3nc4c(C)cccc4[nH]3)CC2)CCC1. The molecule has 2 aliphatic rings. The summed E-state index contributed by atoms with van der Waals surface area (Å²) < 4.78 is 5.33. The molecule has 0 unspecified atom stereocenters. The van der Waals surface area contributed by atoms with E-state index in [4.69, 9.17) is 9.72 Å². The van der Waals surface area contributed by atoms with E-state index in [0.717, 1.165) is 62.1 Å². The second kappa shape index (κ2) is 6.45. The number of nitrogens with one attached hydrogen (secondary N) is 1. The number of aromatic amines is 1. The Morgan fingerprint density at radius 3 is 2.72 bits per heavy atom. The normalized spacial score (nSPS) is 20.6. The molecule has 1 amide bonds. The number of carbonyl (C=O) groups is 1. The number of likely N-dealkylation sites (tertiary alicyclic amines) is 1. The van der Waals surface area contributed by atoms with E-state index in [1.54, 1.807) is 7.11 Å². The first-order valence-corrected chi connectivity index (χ1v) is 9.36. The lowest BCUT2D eigenvalue weighted by Crippen LogP contribution is -2.52.